The zero-order valence-electron chi connectivity index (χ0n) is 13.6. The molecule has 0 radical (unpaired) electrons. The highest BCUT2D eigenvalue weighted by Crippen LogP contribution is 2.71. The number of carbonyl (C=O) groups excluding carboxylic acids is 1. The standard InChI is InChI=1S/C11H26N2O9P2/c1-3-8(2)9(13)10(14)21-7-22-24(19,20)11(15,5-4-6-12)23(16,17)18/h8-9,15H,3-7,12-13H2,1-2H3,(H,19,20)(H2,16,17,18)/t8-,9-,11?/m0/s1. The summed E-state index contributed by atoms with van der Waals surface area (Å²) in [7, 11) is -10.7. The van der Waals surface area contributed by atoms with Gasteiger partial charge in [-0.2, -0.15) is 0 Å². The van der Waals surface area contributed by atoms with Crippen LogP contribution in [0.25, 0.3) is 0 Å². The summed E-state index contributed by atoms with van der Waals surface area (Å²) in [4.78, 5) is 39.7. The van der Waals surface area contributed by atoms with Crippen molar-refractivity contribution in [3.63, 3.8) is 0 Å². The fourth-order valence-corrected chi connectivity index (χ4v) is 4.42. The summed E-state index contributed by atoms with van der Waals surface area (Å²) >= 11 is 0. The number of hydrogen-bond donors (Lipinski definition) is 6. The van der Waals surface area contributed by atoms with Gasteiger partial charge in [-0.3, -0.25) is 18.4 Å². The van der Waals surface area contributed by atoms with Gasteiger partial charge in [0.1, 0.15) is 6.04 Å². The summed E-state index contributed by atoms with van der Waals surface area (Å²) in [6, 6.07) is -0.991. The number of carbonyl (C=O) groups is 1. The Kier molecular flexibility index (Phi) is 9.24. The first-order valence-electron chi connectivity index (χ1n) is 7.21. The van der Waals surface area contributed by atoms with E-state index in [1.165, 1.54) is 0 Å². The second-order valence-corrected chi connectivity index (χ2v) is 9.57. The van der Waals surface area contributed by atoms with E-state index in [0.29, 0.717) is 6.42 Å². The molecule has 11 nitrogen and oxygen atoms in total. The molecule has 0 spiro atoms. The third-order valence-corrected chi connectivity index (χ3v) is 7.87. The van der Waals surface area contributed by atoms with E-state index in [9.17, 15) is 33.7 Å². The zero-order valence-corrected chi connectivity index (χ0v) is 15.4. The van der Waals surface area contributed by atoms with Crippen LogP contribution in [0.4, 0.5) is 0 Å². The van der Waals surface area contributed by atoms with Crippen LogP contribution < -0.4 is 11.5 Å². The van der Waals surface area contributed by atoms with Crippen molar-refractivity contribution in [3.8, 4) is 0 Å². The normalized spacial score (nSPS) is 19.8. The number of rotatable bonds is 11. The third-order valence-electron chi connectivity index (χ3n) is 3.59. The molecule has 13 heteroatoms. The quantitative estimate of drug-likeness (QED) is 0.152. The van der Waals surface area contributed by atoms with Crippen molar-refractivity contribution in [1.82, 2.24) is 0 Å². The first-order valence-corrected chi connectivity index (χ1v) is 10.4. The molecule has 0 aliphatic heterocycles. The molecule has 0 saturated carbocycles. The monoisotopic (exact) mass is 392 g/mol. The topological polar surface area (TPSA) is 203 Å². The van der Waals surface area contributed by atoms with Crippen LogP contribution in [-0.4, -0.2) is 50.2 Å². The molecule has 0 aliphatic rings. The maximum absolute atomic E-state index is 12.1. The molecule has 4 atom stereocenters. The molecule has 144 valence electrons. The van der Waals surface area contributed by atoms with E-state index in [1.54, 1.807) is 13.8 Å². The maximum atomic E-state index is 12.1. The van der Waals surface area contributed by atoms with Gasteiger partial charge >= 0.3 is 21.2 Å². The summed E-state index contributed by atoms with van der Waals surface area (Å²) in [5.41, 5.74) is 10.8. The average Bonchev–Trinajstić information content (AvgIpc) is 2.49. The Morgan fingerprint density at radius 1 is 1.29 bits per heavy atom. The molecular weight excluding hydrogens is 366 g/mol. The van der Waals surface area contributed by atoms with Crippen molar-refractivity contribution in [1.29, 1.82) is 0 Å². The Bertz CT molecular complexity index is 512. The van der Waals surface area contributed by atoms with Crippen LogP contribution >= 0.6 is 15.2 Å². The Balaban J connectivity index is 4.96. The Hall–Kier alpha value is -0.350. The van der Waals surface area contributed by atoms with E-state index < -0.39 is 45.5 Å². The molecule has 0 amide bonds. The Morgan fingerprint density at radius 3 is 2.25 bits per heavy atom. The lowest BCUT2D eigenvalue weighted by Gasteiger charge is -2.31. The summed E-state index contributed by atoms with van der Waals surface area (Å²) in [6.07, 6.45) is -0.331. The van der Waals surface area contributed by atoms with Gasteiger partial charge in [-0.25, -0.2) is 0 Å². The van der Waals surface area contributed by atoms with E-state index in [1.807, 2.05) is 0 Å². The average molecular weight is 392 g/mol. The van der Waals surface area contributed by atoms with Gasteiger partial charge in [0.2, 0.25) is 6.79 Å². The highest BCUT2D eigenvalue weighted by molar-refractivity contribution is 7.72. The summed E-state index contributed by atoms with van der Waals surface area (Å²) in [5, 5.41) is 6.64. The highest BCUT2D eigenvalue weighted by atomic mass is 31.2. The molecule has 0 heterocycles. The Labute approximate surface area is 140 Å². The molecule has 24 heavy (non-hydrogen) atoms. The molecule has 8 N–H and O–H groups in total. The van der Waals surface area contributed by atoms with Crippen LogP contribution in [0.3, 0.4) is 0 Å². The lowest BCUT2D eigenvalue weighted by atomic mass is 10.0. The smallest absolute Gasteiger partial charge is 0.374 e. The summed E-state index contributed by atoms with van der Waals surface area (Å²) in [5.74, 6) is -1.12. The molecule has 0 fully saturated rings. The molecule has 0 aliphatic carbocycles. The van der Waals surface area contributed by atoms with Gasteiger partial charge < -0.3 is 36.0 Å². The van der Waals surface area contributed by atoms with Crippen molar-refractivity contribution in [3.05, 3.63) is 0 Å². The molecule has 0 aromatic carbocycles. The maximum Gasteiger partial charge on any atom is 0.374 e. The number of ether oxygens (including phenoxy) is 1. The van der Waals surface area contributed by atoms with Crippen LogP contribution in [0.5, 0.6) is 0 Å². The van der Waals surface area contributed by atoms with Crippen LogP contribution in [0.2, 0.25) is 0 Å². The van der Waals surface area contributed by atoms with Crippen molar-refractivity contribution >= 4 is 21.2 Å². The van der Waals surface area contributed by atoms with Gasteiger partial charge in [0, 0.05) is 6.42 Å². The highest BCUT2D eigenvalue weighted by Gasteiger charge is 2.60. The number of hydrogen-bond acceptors (Lipinski definition) is 8. The van der Waals surface area contributed by atoms with Gasteiger partial charge in [0.05, 0.1) is 0 Å². The van der Waals surface area contributed by atoms with Crippen molar-refractivity contribution in [2.75, 3.05) is 13.3 Å². The predicted molar refractivity (Wildman–Crippen MR) is 84.6 cm³/mol. The molecule has 0 rings (SSSR count). The van der Waals surface area contributed by atoms with Crippen LogP contribution in [0.15, 0.2) is 0 Å². The van der Waals surface area contributed by atoms with E-state index >= 15 is 0 Å². The number of esters is 1. The van der Waals surface area contributed by atoms with Crippen molar-refractivity contribution in [2.45, 2.75) is 44.2 Å². The van der Waals surface area contributed by atoms with E-state index in [-0.39, 0.29) is 18.9 Å². The SMILES string of the molecule is CC[C@H](C)[C@H](N)C(=O)OCOP(=O)(O)C(O)(CCCN)P(=O)(O)O. The van der Waals surface area contributed by atoms with Crippen LogP contribution in [0.1, 0.15) is 33.1 Å². The summed E-state index contributed by atoms with van der Waals surface area (Å²) in [6.45, 7) is 2.32. The Morgan fingerprint density at radius 2 is 1.83 bits per heavy atom. The largest absolute Gasteiger partial charge is 0.437 e. The van der Waals surface area contributed by atoms with E-state index in [4.69, 9.17) is 11.5 Å². The molecule has 0 aromatic rings. The van der Waals surface area contributed by atoms with Crippen molar-refractivity contribution in [2.24, 2.45) is 17.4 Å². The lowest BCUT2D eigenvalue weighted by molar-refractivity contribution is -0.153. The first-order chi connectivity index (χ1) is 10.8. The number of aliphatic hydroxyl groups is 1. The molecule has 2 unspecified atom stereocenters. The van der Waals surface area contributed by atoms with Crippen LogP contribution in [-0.2, 0) is 23.2 Å². The zero-order chi connectivity index (χ0) is 19.2. The fourth-order valence-electron chi connectivity index (χ4n) is 1.63. The predicted octanol–water partition coefficient (Wildman–Crippen LogP) is -0.375. The first kappa shape index (κ1) is 23.6. The van der Waals surface area contributed by atoms with Gasteiger partial charge in [-0.05, 0) is 18.9 Å². The van der Waals surface area contributed by atoms with E-state index in [0.717, 1.165) is 0 Å². The van der Waals surface area contributed by atoms with E-state index in [2.05, 4.69) is 9.26 Å². The second kappa shape index (κ2) is 9.38. The molecule has 0 aromatic heterocycles. The third kappa shape index (κ3) is 5.87. The van der Waals surface area contributed by atoms with Gasteiger partial charge in [0.15, 0.2) is 0 Å². The summed E-state index contributed by atoms with van der Waals surface area (Å²) < 4.78 is 32.4. The van der Waals surface area contributed by atoms with Crippen LogP contribution in [0, 0.1) is 5.92 Å². The van der Waals surface area contributed by atoms with Gasteiger partial charge in [-0.1, -0.05) is 20.3 Å². The number of nitrogens with two attached hydrogens (primary N) is 2. The fraction of sp³-hybridized carbons (Fsp3) is 0.909. The minimum absolute atomic E-state index is 0.0823. The minimum atomic E-state index is -5.45. The van der Waals surface area contributed by atoms with Gasteiger partial charge in [0.25, 0.3) is 5.08 Å². The molecule has 0 bridgehead atoms. The van der Waals surface area contributed by atoms with Crippen molar-refractivity contribution < 1.29 is 43.0 Å². The molecular formula is C11H26N2O9P2. The van der Waals surface area contributed by atoms with Gasteiger partial charge in [-0.15, -0.1) is 0 Å². The molecule has 0 saturated heterocycles. The second-order valence-electron chi connectivity index (χ2n) is 5.35. The minimum Gasteiger partial charge on any atom is -0.437 e. The lowest BCUT2D eigenvalue weighted by Crippen LogP contribution is -2.38.